The number of carbonyl (C=O) groups excluding carboxylic acids is 2. The SMILES string of the molecule is O=C(O)c1cccc2cccc(C(=O)Nc3ccc(SC(C(=O)Nc4nc(-c5ccc(Cl)cc5)cs4)c4ccccc4)cc3)c12. The predicted molar refractivity (Wildman–Crippen MR) is 182 cm³/mol. The third kappa shape index (κ3) is 6.91. The molecule has 5 aromatic carbocycles. The van der Waals surface area contributed by atoms with Crippen LogP contribution >= 0.6 is 34.7 Å². The number of halogens is 1. The van der Waals surface area contributed by atoms with Crippen molar-refractivity contribution < 1.29 is 19.5 Å². The normalized spacial score (nSPS) is 11.6. The molecule has 45 heavy (non-hydrogen) atoms. The van der Waals surface area contributed by atoms with Crippen LogP contribution < -0.4 is 10.6 Å². The standard InChI is InChI=1S/C35H24ClN3O4S2/c36-24-14-12-21(13-15-24)29-20-44-35(38-29)39-33(41)31(23-6-2-1-3-7-23)45-26-18-16-25(17-19-26)37-32(40)27-10-4-8-22-9-5-11-28(30(22)27)34(42)43/h1-20,31H,(H,37,40)(H,42,43)(H,38,39,41). The van der Waals surface area contributed by atoms with E-state index in [0.29, 0.717) is 26.6 Å². The number of carbonyl (C=O) groups is 3. The number of anilines is 2. The first-order valence-corrected chi connectivity index (χ1v) is 15.9. The second-order valence-electron chi connectivity index (χ2n) is 9.94. The van der Waals surface area contributed by atoms with Crippen LogP contribution in [-0.4, -0.2) is 27.9 Å². The summed E-state index contributed by atoms with van der Waals surface area (Å²) < 4.78 is 0. The van der Waals surface area contributed by atoms with Crippen LogP contribution in [0.3, 0.4) is 0 Å². The Morgan fingerprint density at radius 3 is 2.16 bits per heavy atom. The Balaban J connectivity index is 1.18. The predicted octanol–water partition coefficient (Wildman–Crippen LogP) is 9.04. The number of thioether (sulfide) groups is 1. The lowest BCUT2D eigenvalue weighted by Crippen LogP contribution is -2.19. The van der Waals surface area contributed by atoms with Crippen LogP contribution in [-0.2, 0) is 4.79 Å². The number of carboxylic acid groups (broad SMARTS) is 1. The van der Waals surface area contributed by atoms with Gasteiger partial charge in [-0.15, -0.1) is 23.1 Å². The summed E-state index contributed by atoms with van der Waals surface area (Å²) in [5.74, 6) is -1.74. The van der Waals surface area contributed by atoms with Crippen molar-refractivity contribution in [1.29, 1.82) is 0 Å². The first kappa shape index (κ1) is 30.1. The van der Waals surface area contributed by atoms with Gasteiger partial charge >= 0.3 is 5.97 Å². The molecule has 0 aliphatic heterocycles. The van der Waals surface area contributed by atoms with E-state index in [1.807, 2.05) is 60.0 Å². The molecule has 1 atom stereocenters. The van der Waals surface area contributed by atoms with Gasteiger partial charge in [-0.2, -0.15) is 0 Å². The number of carboxylic acids is 1. The smallest absolute Gasteiger partial charge is 0.336 e. The van der Waals surface area contributed by atoms with Gasteiger partial charge < -0.3 is 15.7 Å². The molecule has 0 saturated heterocycles. The van der Waals surface area contributed by atoms with Gasteiger partial charge in [0.25, 0.3) is 5.91 Å². The Morgan fingerprint density at radius 2 is 1.47 bits per heavy atom. The third-order valence-electron chi connectivity index (χ3n) is 6.96. The van der Waals surface area contributed by atoms with Crippen molar-refractivity contribution in [1.82, 2.24) is 4.98 Å². The van der Waals surface area contributed by atoms with E-state index in [1.54, 1.807) is 54.6 Å². The second-order valence-corrected chi connectivity index (χ2v) is 12.4. The topological polar surface area (TPSA) is 108 Å². The zero-order valence-corrected chi connectivity index (χ0v) is 25.8. The maximum absolute atomic E-state index is 13.6. The number of thiazole rings is 1. The van der Waals surface area contributed by atoms with E-state index >= 15 is 0 Å². The molecular formula is C35H24ClN3O4S2. The van der Waals surface area contributed by atoms with Crippen LogP contribution in [0.5, 0.6) is 0 Å². The number of hydrogen-bond donors (Lipinski definition) is 3. The molecule has 1 aromatic heterocycles. The molecular weight excluding hydrogens is 626 g/mol. The quantitative estimate of drug-likeness (QED) is 0.135. The average molecular weight is 650 g/mol. The maximum atomic E-state index is 13.6. The highest BCUT2D eigenvalue weighted by Crippen LogP contribution is 2.37. The monoisotopic (exact) mass is 649 g/mol. The molecule has 6 rings (SSSR count). The molecule has 0 bridgehead atoms. The van der Waals surface area contributed by atoms with Crippen molar-refractivity contribution in [3.63, 3.8) is 0 Å². The van der Waals surface area contributed by atoms with Crippen LogP contribution in [0.25, 0.3) is 22.0 Å². The minimum absolute atomic E-state index is 0.0641. The van der Waals surface area contributed by atoms with Crippen LogP contribution in [0.15, 0.2) is 126 Å². The molecule has 0 saturated carbocycles. The van der Waals surface area contributed by atoms with E-state index in [2.05, 4.69) is 15.6 Å². The highest BCUT2D eigenvalue weighted by molar-refractivity contribution is 8.00. The fourth-order valence-electron chi connectivity index (χ4n) is 4.82. The van der Waals surface area contributed by atoms with Gasteiger partial charge in [0.2, 0.25) is 5.91 Å². The zero-order chi connectivity index (χ0) is 31.3. The summed E-state index contributed by atoms with van der Waals surface area (Å²) >= 11 is 8.73. The molecule has 0 aliphatic rings. The van der Waals surface area contributed by atoms with Crippen LogP contribution in [0.1, 0.15) is 31.5 Å². The number of rotatable bonds is 9. The Hall–Kier alpha value is -4.96. The molecule has 0 spiro atoms. The van der Waals surface area contributed by atoms with E-state index in [-0.39, 0.29) is 17.0 Å². The Kier molecular flexibility index (Phi) is 8.93. The molecule has 7 nitrogen and oxygen atoms in total. The molecule has 1 unspecified atom stereocenters. The number of hydrogen-bond acceptors (Lipinski definition) is 6. The number of fused-ring (bicyclic) bond motifs is 1. The lowest BCUT2D eigenvalue weighted by Gasteiger charge is -2.16. The molecule has 6 aromatic rings. The van der Waals surface area contributed by atoms with Crippen molar-refractivity contribution in [2.24, 2.45) is 0 Å². The number of benzene rings is 5. The van der Waals surface area contributed by atoms with Crippen molar-refractivity contribution in [2.45, 2.75) is 10.1 Å². The first-order chi connectivity index (χ1) is 21.9. The van der Waals surface area contributed by atoms with E-state index < -0.39 is 17.1 Å². The number of aromatic carboxylic acids is 1. The fourth-order valence-corrected chi connectivity index (χ4v) is 6.69. The van der Waals surface area contributed by atoms with Crippen LogP contribution in [0.2, 0.25) is 5.02 Å². The minimum Gasteiger partial charge on any atom is -0.478 e. The summed E-state index contributed by atoms with van der Waals surface area (Å²) in [5.41, 5.74) is 3.35. The van der Waals surface area contributed by atoms with E-state index in [1.165, 1.54) is 29.2 Å². The largest absolute Gasteiger partial charge is 0.478 e. The number of nitrogens with one attached hydrogen (secondary N) is 2. The molecule has 2 amide bonds. The summed E-state index contributed by atoms with van der Waals surface area (Å²) in [5, 5.41) is 19.0. The van der Waals surface area contributed by atoms with Crippen molar-refractivity contribution in [3.8, 4) is 11.3 Å². The van der Waals surface area contributed by atoms with E-state index in [9.17, 15) is 19.5 Å². The van der Waals surface area contributed by atoms with Crippen molar-refractivity contribution >= 4 is 74.1 Å². The lowest BCUT2D eigenvalue weighted by molar-refractivity contribution is -0.115. The van der Waals surface area contributed by atoms with Gasteiger partial charge in [0.05, 0.1) is 11.3 Å². The van der Waals surface area contributed by atoms with E-state index in [4.69, 9.17) is 11.6 Å². The first-order valence-electron chi connectivity index (χ1n) is 13.8. The average Bonchev–Trinajstić information content (AvgIpc) is 3.52. The van der Waals surface area contributed by atoms with Crippen LogP contribution in [0.4, 0.5) is 10.8 Å². The lowest BCUT2D eigenvalue weighted by atomic mass is 9.98. The Labute approximate surface area is 271 Å². The number of aromatic nitrogens is 1. The number of amides is 2. The van der Waals surface area contributed by atoms with Crippen molar-refractivity contribution in [2.75, 3.05) is 10.6 Å². The Bertz CT molecular complexity index is 2010. The van der Waals surface area contributed by atoms with Crippen molar-refractivity contribution in [3.05, 3.63) is 142 Å². The van der Waals surface area contributed by atoms with Gasteiger partial charge in [-0.25, -0.2) is 9.78 Å². The molecule has 3 N–H and O–H groups in total. The highest BCUT2D eigenvalue weighted by Gasteiger charge is 2.24. The third-order valence-corrected chi connectivity index (χ3v) is 9.24. The van der Waals surface area contributed by atoms with Gasteiger partial charge in [0.15, 0.2) is 5.13 Å². The number of nitrogens with zero attached hydrogens (tertiary/aromatic N) is 1. The highest BCUT2D eigenvalue weighted by atomic mass is 35.5. The summed E-state index contributed by atoms with van der Waals surface area (Å²) in [6, 6.07) is 34.0. The van der Waals surface area contributed by atoms with Crippen LogP contribution in [0, 0.1) is 0 Å². The van der Waals surface area contributed by atoms with Gasteiger partial charge in [-0.05, 0) is 59.5 Å². The molecule has 0 aliphatic carbocycles. The zero-order valence-electron chi connectivity index (χ0n) is 23.4. The van der Waals surface area contributed by atoms with Gasteiger partial charge in [0.1, 0.15) is 5.25 Å². The maximum Gasteiger partial charge on any atom is 0.336 e. The molecule has 1 heterocycles. The summed E-state index contributed by atoms with van der Waals surface area (Å²) in [7, 11) is 0. The fraction of sp³-hybridized carbons (Fsp3) is 0.0286. The Morgan fingerprint density at radius 1 is 0.778 bits per heavy atom. The van der Waals surface area contributed by atoms with Gasteiger partial charge in [0, 0.05) is 37.5 Å². The summed E-state index contributed by atoms with van der Waals surface area (Å²) in [4.78, 5) is 44.1. The van der Waals surface area contributed by atoms with Gasteiger partial charge in [-0.1, -0.05) is 78.3 Å². The molecule has 10 heteroatoms. The summed E-state index contributed by atoms with van der Waals surface area (Å²) in [6.07, 6.45) is 0. The molecule has 222 valence electrons. The minimum atomic E-state index is -1.10. The second kappa shape index (κ2) is 13.4. The van der Waals surface area contributed by atoms with E-state index in [0.717, 1.165) is 21.7 Å². The van der Waals surface area contributed by atoms with Gasteiger partial charge in [-0.3, -0.25) is 9.59 Å². The summed E-state index contributed by atoms with van der Waals surface area (Å²) in [6.45, 7) is 0. The molecule has 0 fully saturated rings. The molecule has 0 radical (unpaired) electrons.